The highest BCUT2D eigenvalue weighted by atomic mass is 32.2. The number of amides is 1. The van der Waals surface area contributed by atoms with Crippen molar-refractivity contribution in [3.63, 3.8) is 0 Å². The van der Waals surface area contributed by atoms with Crippen molar-refractivity contribution in [1.29, 1.82) is 0 Å². The zero-order chi connectivity index (χ0) is 17.6. The maximum atomic E-state index is 12.0. The van der Waals surface area contributed by atoms with Crippen molar-refractivity contribution >= 4 is 26.8 Å². The van der Waals surface area contributed by atoms with Gasteiger partial charge in [-0.05, 0) is 18.1 Å². The van der Waals surface area contributed by atoms with E-state index in [9.17, 15) is 13.2 Å². The van der Waals surface area contributed by atoms with Gasteiger partial charge in [-0.3, -0.25) is 4.79 Å². The summed E-state index contributed by atoms with van der Waals surface area (Å²) in [6.45, 7) is 0.652. The molecule has 2 N–H and O–H groups in total. The Labute approximate surface area is 142 Å². The molecule has 0 spiro atoms. The highest BCUT2D eigenvalue weighted by Crippen LogP contribution is 2.17. The number of aromatic amines is 1. The molecule has 0 fully saturated rings. The first-order valence-electron chi connectivity index (χ1n) is 7.67. The first kappa shape index (κ1) is 18.4. The topological polar surface area (TPSA) is 91.5 Å². The zero-order valence-electron chi connectivity index (χ0n) is 13.9. The number of nitrogens with zero attached hydrogens (tertiary/aromatic N) is 1. The third-order valence-corrected chi connectivity index (χ3v) is 4.97. The van der Waals surface area contributed by atoms with Gasteiger partial charge in [0, 0.05) is 37.3 Å². The Balaban J connectivity index is 1.86. The van der Waals surface area contributed by atoms with Gasteiger partial charge in [-0.25, -0.2) is 8.42 Å². The van der Waals surface area contributed by atoms with Crippen LogP contribution in [0.25, 0.3) is 10.9 Å². The molecule has 1 aromatic heterocycles. The number of nitrogens with one attached hydrogen (secondary N) is 2. The van der Waals surface area contributed by atoms with Crippen LogP contribution in [0.1, 0.15) is 5.56 Å². The summed E-state index contributed by atoms with van der Waals surface area (Å²) in [5, 5.41) is 3.89. The van der Waals surface area contributed by atoms with Crippen LogP contribution in [0.5, 0.6) is 0 Å². The Hall–Kier alpha value is -1.90. The number of sulfonamides is 1. The van der Waals surface area contributed by atoms with Crippen molar-refractivity contribution in [3.05, 3.63) is 36.0 Å². The van der Waals surface area contributed by atoms with Crippen LogP contribution in [0.15, 0.2) is 30.5 Å². The van der Waals surface area contributed by atoms with E-state index in [-0.39, 0.29) is 25.6 Å². The van der Waals surface area contributed by atoms with E-state index in [4.69, 9.17) is 4.74 Å². The van der Waals surface area contributed by atoms with E-state index < -0.39 is 10.0 Å². The molecule has 0 aliphatic heterocycles. The van der Waals surface area contributed by atoms with Gasteiger partial charge in [-0.15, -0.1) is 0 Å². The number of carbonyl (C=O) groups is 1. The lowest BCUT2D eigenvalue weighted by atomic mass is 10.1. The predicted molar refractivity (Wildman–Crippen MR) is 93.3 cm³/mol. The number of ether oxygens (including phenoxy) is 1. The van der Waals surface area contributed by atoms with Crippen molar-refractivity contribution in [1.82, 2.24) is 14.6 Å². The van der Waals surface area contributed by atoms with Crippen LogP contribution in [-0.2, 0) is 26.0 Å². The molecule has 1 aromatic carbocycles. The minimum absolute atomic E-state index is 0.158. The molecule has 0 saturated carbocycles. The number of hydrogen-bond acceptors (Lipinski definition) is 4. The van der Waals surface area contributed by atoms with Crippen LogP contribution in [0.4, 0.5) is 0 Å². The Morgan fingerprint density at radius 3 is 2.79 bits per heavy atom. The second-order valence-corrected chi connectivity index (χ2v) is 7.53. The summed E-state index contributed by atoms with van der Waals surface area (Å²) in [4.78, 5) is 15.2. The Kier molecular flexibility index (Phi) is 6.36. The molecule has 24 heavy (non-hydrogen) atoms. The third-order valence-electron chi connectivity index (χ3n) is 3.73. The van der Waals surface area contributed by atoms with Crippen LogP contribution in [-0.4, -0.2) is 63.2 Å². The molecule has 0 aliphatic rings. The predicted octanol–water partition coefficient (Wildman–Crippen LogP) is 0.735. The lowest BCUT2D eigenvalue weighted by molar-refractivity contribution is -0.121. The van der Waals surface area contributed by atoms with Gasteiger partial charge in [-0.1, -0.05) is 18.2 Å². The first-order valence-corrected chi connectivity index (χ1v) is 9.52. The van der Waals surface area contributed by atoms with Crippen molar-refractivity contribution in [2.75, 3.05) is 39.6 Å². The maximum absolute atomic E-state index is 12.0. The van der Waals surface area contributed by atoms with E-state index in [0.29, 0.717) is 13.0 Å². The van der Waals surface area contributed by atoms with Gasteiger partial charge in [0.05, 0.1) is 19.4 Å². The van der Waals surface area contributed by atoms with Crippen LogP contribution in [0.3, 0.4) is 0 Å². The summed E-state index contributed by atoms with van der Waals surface area (Å²) >= 11 is 0. The lowest BCUT2D eigenvalue weighted by Crippen LogP contribution is -2.42. The van der Waals surface area contributed by atoms with Crippen LogP contribution < -0.4 is 5.32 Å². The average molecular weight is 353 g/mol. The minimum Gasteiger partial charge on any atom is -0.383 e. The van der Waals surface area contributed by atoms with E-state index in [1.807, 2.05) is 30.5 Å². The fraction of sp³-hybridized carbons (Fsp3) is 0.438. The zero-order valence-corrected chi connectivity index (χ0v) is 14.7. The van der Waals surface area contributed by atoms with Crippen molar-refractivity contribution in [2.45, 2.75) is 6.42 Å². The molecular formula is C16H23N3O4S. The van der Waals surface area contributed by atoms with Gasteiger partial charge in [0.15, 0.2) is 0 Å². The largest absolute Gasteiger partial charge is 0.383 e. The Bertz CT molecular complexity index is 785. The molecule has 0 atom stereocenters. The number of H-pyrrole nitrogens is 1. The molecule has 2 aromatic rings. The second kappa shape index (κ2) is 8.27. The number of para-hydroxylation sites is 1. The fourth-order valence-electron chi connectivity index (χ4n) is 2.45. The van der Waals surface area contributed by atoms with Crippen molar-refractivity contribution in [2.24, 2.45) is 0 Å². The van der Waals surface area contributed by atoms with Crippen LogP contribution >= 0.6 is 0 Å². The van der Waals surface area contributed by atoms with E-state index >= 15 is 0 Å². The minimum atomic E-state index is -3.44. The summed E-state index contributed by atoms with van der Waals surface area (Å²) in [7, 11) is -1.95. The fourth-order valence-corrected chi connectivity index (χ4v) is 3.20. The summed E-state index contributed by atoms with van der Waals surface area (Å²) < 4.78 is 29.3. The third kappa shape index (κ3) is 5.05. The molecule has 132 valence electrons. The molecule has 1 heterocycles. The van der Waals surface area contributed by atoms with E-state index in [0.717, 1.165) is 27.0 Å². The standard InChI is InChI=1S/C16H23N3O4S/c1-23-10-9-19(24(2,21)22)12-16(20)17-8-7-13-11-18-15-6-4-3-5-14(13)15/h3-6,11,18H,7-10,12H2,1-2H3,(H,17,20). The normalized spacial score (nSPS) is 12.0. The van der Waals surface area contributed by atoms with E-state index in [1.165, 1.54) is 7.11 Å². The monoisotopic (exact) mass is 353 g/mol. The van der Waals surface area contributed by atoms with Crippen LogP contribution in [0, 0.1) is 0 Å². The van der Waals surface area contributed by atoms with Crippen molar-refractivity contribution in [3.8, 4) is 0 Å². The smallest absolute Gasteiger partial charge is 0.235 e. The average Bonchev–Trinajstić information content (AvgIpc) is 2.94. The molecule has 0 aliphatic carbocycles. The quantitative estimate of drug-likeness (QED) is 0.695. The van der Waals surface area contributed by atoms with Gasteiger partial charge >= 0.3 is 0 Å². The summed E-state index contributed by atoms with van der Waals surface area (Å²) in [6, 6.07) is 7.96. The summed E-state index contributed by atoms with van der Waals surface area (Å²) in [6.07, 6.45) is 3.69. The van der Waals surface area contributed by atoms with Gasteiger partial charge in [0.1, 0.15) is 0 Å². The second-order valence-electron chi connectivity index (χ2n) is 5.55. The lowest BCUT2D eigenvalue weighted by Gasteiger charge is -2.18. The number of benzene rings is 1. The molecule has 0 saturated heterocycles. The number of carbonyl (C=O) groups excluding carboxylic acids is 1. The summed E-state index contributed by atoms with van der Waals surface area (Å²) in [5.41, 5.74) is 2.17. The van der Waals surface area contributed by atoms with Gasteiger partial charge in [-0.2, -0.15) is 4.31 Å². The summed E-state index contributed by atoms with van der Waals surface area (Å²) in [5.74, 6) is -0.323. The number of hydrogen-bond donors (Lipinski definition) is 2. The number of fused-ring (bicyclic) bond motifs is 1. The highest BCUT2D eigenvalue weighted by Gasteiger charge is 2.19. The van der Waals surface area contributed by atoms with Gasteiger partial charge in [0.25, 0.3) is 0 Å². The SMILES string of the molecule is COCCN(CC(=O)NCCc1c[nH]c2ccccc12)S(C)(=O)=O. The number of rotatable bonds is 9. The molecule has 2 rings (SSSR count). The molecular weight excluding hydrogens is 330 g/mol. The molecule has 7 nitrogen and oxygen atoms in total. The first-order chi connectivity index (χ1) is 11.4. The Morgan fingerprint density at radius 2 is 2.08 bits per heavy atom. The van der Waals surface area contributed by atoms with E-state index in [2.05, 4.69) is 10.3 Å². The molecule has 0 radical (unpaired) electrons. The molecule has 8 heteroatoms. The number of methoxy groups -OCH3 is 1. The maximum Gasteiger partial charge on any atom is 0.235 e. The van der Waals surface area contributed by atoms with Crippen molar-refractivity contribution < 1.29 is 17.9 Å². The van der Waals surface area contributed by atoms with Gasteiger partial charge in [0.2, 0.25) is 15.9 Å². The van der Waals surface area contributed by atoms with Crippen LogP contribution in [0.2, 0.25) is 0 Å². The number of aromatic nitrogens is 1. The molecule has 1 amide bonds. The Morgan fingerprint density at radius 1 is 1.33 bits per heavy atom. The molecule has 0 unspecified atom stereocenters. The molecule has 0 bridgehead atoms. The van der Waals surface area contributed by atoms with E-state index in [1.54, 1.807) is 0 Å². The highest BCUT2D eigenvalue weighted by molar-refractivity contribution is 7.88. The van der Waals surface area contributed by atoms with Gasteiger partial charge < -0.3 is 15.0 Å².